The number of fused-ring (bicyclic) bond motifs is 1. The molecule has 0 aromatic rings. The van der Waals surface area contributed by atoms with E-state index in [1.165, 1.54) is 0 Å². The fourth-order valence-electron chi connectivity index (χ4n) is 1.80. The topological polar surface area (TPSA) is 52.6 Å². The summed E-state index contributed by atoms with van der Waals surface area (Å²) in [7, 11) is 0. The lowest BCUT2D eigenvalue weighted by molar-refractivity contribution is -0.159. The van der Waals surface area contributed by atoms with Crippen LogP contribution in [0, 0.1) is 5.92 Å². The summed E-state index contributed by atoms with van der Waals surface area (Å²) in [6.07, 6.45) is 3.49. The molecule has 1 saturated heterocycles. The van der Waals surface area contributed by atoms with Gasteiger partial charge < -0.3 is 9.47 Å². The first-order valence-corrected chi connectivity index (χ1v) is 4.83. The standard InChI is InChI=1S/C11H12O4/c1-6(2)10(12)15-9-7-4-3-5-8(7)14-11(9)13/h3,5,7-9H,1,4H2,2H3. The van der Waals surface area contributed by atoms with Crippen LogP contribution in [-0.4, -0.2) is 24.1 Å². The largest absolute Gasteiger partial charge is 0.455 e. The van der Waals surface area contributed by atoms with Crippen molar-refractivity contribution in [1.29, 1.82) is 0 Å². The lowest BCUT2D eigenvalue weighted by Crippen LogP contribution is -2.29. The summed E-state index contributed by atoms with van der Waals surface area (Å²) in [6.45, 7) is 5.01. The molecule has 4 nitrogen and oxygen atoms in total. The molecule has 0 bridgehead atoms. The van der Waals surface area contributed by atoms with Crippen molar-refractivity contribution >= 4 is 11.9 Å². The third kappa shape index (κ3) is 1.67. The second-order valence-electron chi connectivity index (χ2n) is 3.84. The summed E-state index contributed by atoms with van der Waals surface area (Å²) >= 11 is 0. The van der Waals surface area contributed by atoms with Crippen LogP contribution in [0.2, 0.25) is 0 Å². The molecule has 15 heavy (non-hydrogen) atoms. The Hall–Kier alpha value is -1.58. The van der Waals surface area contributed by atoms with E-state index in [2.05, 4.69) is 6.58 Å². The van der Waals surface area contributed by atoms with E-state index in [1.807, 2.05) is 12.2 Å². The molecule has 80 valence electrons. The van der Waals surface area contributed by atoms with Gasteiger partial charge in [0.1, 0.15) is 6.10 Å². The molecule has 3 unspecified atom stereocenters. The van der Waals surface area contributed by atoms with Gasteiger partial charge in [0, 0.05) is 5.57 Å². The fourth-order valence-corrected chi connectivity index (χ4v) is 1.80. The monoisotopic (exact) mass is 208 g/mol. The van der Waals surface area contributed by atoms with Crippen LogP contribution in [-0.2, 0) is 19.1 Å². The zero-order valence-corrected chi connectivity index (χ0v) is 8.43. The molecule has 0 N–H and O–H groups in total. The van der Waals surface area contributed by atoms with Crippen molar-refractivity contribution < 1.29 is 19.1 Å². The molecular formula is C11H12O4. The minimum absolute atomic E-state index is 0.0548. The van der Waals surface area contributed by atoms with Gasteiger partial charge in [0.25, 0.3) is 0 Å². The van der Waals surface area contributed by atoms with E-state index in [0.29, 0.717) is 6.42 Å². The van der Waals surface area contributed by atoms with E-state index in [9.17, 15) is 9.59 Å². The summed E-state index contributed by atoms with van der Waals surface area (Å²) in [5.74, 6) is -1.05. The number of carbonyl (C=O) groups is 2. The molecule has 1 aliphatic carbocycles. The Morgan fingerprint density at radius 2 is 2.40 bits per heavy atom. The number of hydrogen-bond acceptors (Lipinski definition) is 4. The van der Waals surface area contributed by atoms with Crippen LogP contribution < -0.4 is 0 Å². The molecular weight excluding hydrogens is 196 g/mol. The SMILES string of the molecule is C=C(C)C(=O)OC1C(=O)OC2C=CCC21. The van der Waals surface area contributed by atoms with Crippen molar-refractivity contribution in [3.05, 3.63) is 24.3 Å². The Morgan fingerprint density at radius 3 is 3.07 bits per heavy atom. The molecule has 0 aromatic heterocycles. The van der Waals surface area contributed by atoms with Crippen molar-refractivity contribution in [2.24, 2.45) is 5.92 Å². The predicted molar refractivity (Wildman–Crippen MR) is 51.8 cm³/mol. The maximum absolute atomic E-state index is 11.4. The van der Waals surface area contributed by atoms with Crippen molar-refractivity contribution in [3.8, 4) is 0 Å². The van der Waals surface area contributed by atoms with Gasteiger partial charge in [-0.3, -0.25) is 0 Å². The van der Waals surface area contributed by atoms with Crippen LogP contribution in [0.15, 0.2) is 24.3 Å². The van der Waals surface area contributed by atoms with Crippen LogP contribution in [0.5, 0.6) is 0 Å². The fraction of sp³-hybridized carbons (Fsp3) is 0.455. The summed E-state index contributed by atoms with van der Waals surface area (Å²) in [5.41, 5.74) is 0.289. The minimum Gasteiger partial charge on any atom is -0.455 e. The molecule has 0 radical (unpaired) electrons. The van der Waals surface area contributed by atoms with Gasteiger partial charge >= 0.3 is 11.9 Å². The molecule has 4 heteroatoms. The highest BCUT2D eigenvalue weighted by molar-refractivity contribution is 5.90. The van der Waals surface area contributed by atoms with Gasteiger partial charge in [0.15, 0.2) is 0 Å². The second-order valence-corrected chi connectivity index (χ2v) is 3.84. The molecule has 0 aromatic carbocycles. The number of esters is 2. The normalized spacial score (nSPS) is 32.3. The molecule has 0 spiro atoms. The molecule has 0 amide bonds. The van der Waals surface area contributed by atoms with E-state index >= 15 is 0 Å². The summed E-state index contributed by atoms with van der Waals surface area (Å²) in [4.78, 5) is 22.7. The highest BCUT2D eigenvalue weighted by Gasteiger charge is 2.47. The van der Waals surface area contributed by atoms with E-state index in [1.54, 1.807) is 6.92 Å². The van der Waals surface area contributed by atoms with Gasteiger partial charge in [-0.1, -0.05) is 12.7 Å². The summed E-state index contributed by atoms with van der Waals surface area (Å²) < 4.78 is 10.1. The van der Waals surface area contributed by atoms with Crippen LogP contribution in [0.25, 0.3) is 0 Å². The predicted octanol–water partition coefficient (Wildman–Crippen LogP) is 0.976. The molecule has 3 atom stereocenters. The zero-order chi connectivity index (χ0) is 11.0. The van der Waals surface area contributed by atoms with E-state index in [4.69, 9.17) is 9.47 Å². The van der Waals surface area contributed by atoms with Gasteiger partial charge in [-0.2, -0.15) is 0 Å². The Kier molecular flexibility index (Phi) is 2.34. The van der Waals surface area contributed by atoms with Gasteiger partial charge in [0.05, 0.1) is 5.92 Å². The highest BCUT2D eigenvalue weighted by Crippen LogP contribution is 2.33. The Morgan fingerprint density at radius 1 is 1.67 bits per heavy atom. The maximum Gasteiger partial charge on any atom is 0.348 e. The van der Waals surface area contributed by atoms with Crippen molar-refractivity contribution in [3.63, 3.8) is 0 Å². The van der Waals surface area contributed by atoms with Crippen molar-refractivity contribution in [1.82, 2.24) is 0 Å². The second kappa shape index (κ2) is 3.53. The van der Waals surface area contributed by atoms with E-state index < -0.39 is 18.0 Å². The lowest BCUT2D eigenvalue weighted by atomic mass is 10.0. The van der Waals surface area contributed by atoms with Gasteiger partial charge in [-0.05, 0) is 19.4 Å². The number of allylic oxidation sites excluding steroid dienone is 1. The van der Waals surface area contributed by atoms with Crippen LogP contribution >= 0.6 is 0 Å². The Labute approximate surface area is 87.5 Å². The number of hydrogen-bond donors (Lipinski definition) is 0. The lowest BCUT2D eigenvalue weighted by Gasteiger charge is -2.13. The zero-order valence-electron chi connectivity index (χ0n) is 8.43. The van der Waals surface area contributed by atoms with E-state index in [-0.39, 0.29) is 17.6 Å². The van der Waals surface area contributed by atoms with Gasteiger partial charge in [0.2, 0.25) is 6.10 Å². The van der Waals surface area contributed by atoms with Crippen molar-refractivity contribution in [2.75, 3.05) is 0 Å². The third-order valence-corrected chi connectivity index (χ3v) is 2.61. The van der Waals surface area contributed by atoms with E-state index in [0.717, 1.165) is 0 Å². The molecule has 1 heterocycles. The summed E-state index contributed by atoms with van der Waals surface area (Å²) in [5, 5.41) is 0. The first-order valence-electron chi connectivity index (χ1n) is 4.83. The quantitative estimate of drug-likeness (QED) is 0.385. The Balaban J connectivity index is 2.06. The van der Waals surface area contributed by atoms with Crippen LogP contribution in [0.3, 0.4) is 0 Å². The minimum atomic E-state index is -0.769. The number of ether oxygens (including phenoxy) is 2. The third-order valence-electron chi connectivity index (χ3n) is 2.61. The maximum atomic E-state index is 11.4. The molecule has 0 saturated carbocycles. The number of carbonyl (C=O) groups excluding carboxylic acids is 2. The molecule has 2 aliphatic rings. The highest BCUT2D eigenvalue weighted by atomic mass is 16.6. The van der Waals surface area contributed by atoms with Crippen LogP contribution in [0.4, 0.5) is 0 Å². The first kappa shape index (κ1) is 9.96. The first-order chi connectivity index (χ1) is 7.09. The van der Waals surface area contributed by atoms with Crippen LogP contribution in [0.1, 0.15) is 13.3 Å². The number of rotatable bonds is 2. The average Bonchev–Trinajstić information content (AvgIpc) is 2.69. The summed E-state index contributed by atoms with van der Waals surface area (Å²) in [6, 6.07) is 0. The smallest absolute Gasteiger partial charge is 0.348 e. The molecule has 1 aliphatic heterocycles. The molecule has 2 rings (SSSR count). The average molecular weight is 208 g/mol. The van der Waals surface area contributed by atoms with Gasteiger partial charge in [-0.25, -0.2) is 9.59 Å². The van der Waals surface area contributed by atoms with Crippen molar-refractivity contribution in [2.45, 2.75) is 25.6 Å². The Bertz CT molecular complexity index is 356. The van der Waals surface area contributed by atoms with Gasteiger partial charge in [-0.15, -0.1) is 0 Å². The molecule has 1 fully saturated rings.